The number of ether oxygens (including phenoxy) is 4. The molecule has 0 N–H and O–H groups in total. The molecule has 0 radical (unpaired) electrons. The number of amides is 1. The van der Waals surface area contributed by atoms with Crippen molar-refractivity contribution in [1.29, 1.82) is 0 Å². The average molecular weight is 487 g/mol. The van der Waals surface area contributed by atoms with Crippen LogP contribution in [-0.4, -0.2) is 73.3 Å². The maximum atomic E-state index is 13.1. The summed E-state index contributed by atoms with van der Waals surface area (Å²) < 4.78 is 24.6. The van der Waals surface area contributed by atoms with E-state index in [1.54, 1.807) is 52.7 Å². The van der Waals surface area contributed by atoms with Crippen molar-refractivity contribution in [2.45, 2.75) is 44.2 Å². The van der Waals surface area contributed by atoms with Crippen LogP contribution >= 0.6 is 0 Å². The van der Waals surface area contributed by atoms with Crippen molar-refractivity contribution in [1.82, 2.24) is 19.2 Å². The molecule has 4 rings (SSSR count). The second-order valence-electron chi connectivity index (χ2n) is 8.87. The van der Waals surface area contributed by atoms with Crippen LogP contribution in [0.25, 0.3) is 6.08 Å². The van der Waals surface area contributed by atoms with E-state index in [0.717, 1.165) is 37.1 Å². The summed E-state index contributed by atoms with van der Waals surface area (Å²) in [5.74, 6) is 2.30. The molecule has 2 heterocycles. The van der Waals surface area contributed by atoms with E-state index in [2.05, 4.69) is 5.10 Å². The number of rotatable bonds is 10. The summed E-state index contributed by atoms with van der Waals surface area (Å²) in [7, 11) is 6.28. The molecular weight excluding hydrogens is 452 g/mol. The first-order chi connectivity index (χ1) is 17.0. The van der Waals surface area contributed by atoms with Crippen molar-refractivity contribution in [3.8, 4) is 17.2 Å². The van der Waals surface area contributed by atoms with Gasteiger partial charge in [0.25, 0.3) is 0 Å². The SMILES string of the molecule is COCCn1nc(C2CCCN(C(=O)/C=C/c3cc(OC)c(OC)c(OC)c3)C2)n(C2CC2)c1=O. The third-order valence-electron chi connectivity index (χ3n) is 6.52. The maximum absolute atomic E-state index is 13.1. The van der Waals surface area contributed by atoms with E-state index in [-0.39, 0.29) is 23.6 Å². The number of methoxy groups -OCH3 is 4. The topological polar surface area (TPSA) is 97.1 Å². The quantitative estimate of drug-likeness (QED) is 0.476. The van der Waals surface area contributed by atoms with Crippen LogP contribution in [0.4, 0.5) is 0 Å². The number of hydrogen-bond donors (Lipinski definition) is 0. The summed E-state index contributed by atoms with van der Waals surface area (Å²) in [4.78, 5) is 27.8. The van der Waals surface area contributed by atoms with Gasteiger partial charge in [-0.05, 0) is 49.5 Å². The maximum Gasteiger partial charge on any atom is 0.346 e. The highest BCUT2D eigenvalue weighted by molar-refractivity contribution is 5.92. The highest BCUT2D eigenvalue weighted by atomic mass is 16.5. The molecule has 10 nitrogen and oxygen atoms in total. The summed E-state index contributed by atoms with van der Waals surface area (Å²) >= 11 is 0. The van der Waals surface area contributed by atoms with Gasteiger partial charge in [0.1, 0.15) is 5.82 Å². The third kappa shape index (κ3) is 5.37. The number of carbonyl (C=O) groups is 1. The minimum absolute atomic E-state index is 0.0272. The van der Waals surface area contributed by atoms with Crippen molar-refractivity contribution in [3.63, 3.8) is 0 Å². The van der Waals surface area contributed by atoms with Gasteiger partial charge in [0.05, 0.1) is 34.5 Å². The lowest BCUT2D eigenvalue weighted by Gasteiger charge is -2.31. The summed E-state index contributed by atoms with van der Waals surface area (Å²) in [6.07, 6.45) is 7.06. The molecule has 0 spiro atoms. The third-order valence-corrected chi connectivity index (χ3v) is 6.52. The van der Waals surface area contributed by atoms with Gasteiger partial charge in [0.15, 0.2) is 11.5 Å². The average Bonchev–Trinajstić information content (AvgIpc) is 3.67. The highest BCUT2D eigenvalue weighted by Crippen LogP contribution is 2.39. The van der Waals surface area contributed by atoms with Crippen LogP contribution in [0.5, 0.6) is 17.2 Å². The number of carbonyl (C=O) groups excluding carboxylic acids is 1. The predicted octanol–water partition coefficient (Wildman–Crippen LogP) is 2.47. The minimum Gasteiger partial charge on any atom is -0.493 e. The smallest absolute Gasteiger partial charge is 0.346 e. The van der Waals surface area contributed by atoms with Crippen molar-refractivity contribution < 1.29 is 23.7 Å². The van der Waals surface area contributed by atoms with Gasteiger partial charge in [-0.15, -0.1) is 0 Å². The molecule has 1 aliphatic carbocycles. The Morgan fingerprint density at radius 2 is 1.80 bits per heavy atom. The molecular formula is C25H34N4O6. The molecule has 10 heteroatoms. The van der Waals surface area contributed by atoms with Crippen LogP contribution in [0, 0.1) is 0 Å². The number of benzene rings is 1. The van der Waals surface area contributed by atoms with Gasteiger partial charge in [0, 0.05) is 38.2 Å². The minimum atomic E-state index is -0.0809. The van der Waals surface area contributed by atoms with E-state index in [4.69, 9.17) is 18.9 Å². The lowest BCUT2D eigenvalue weighted by atomic mass is 9.97. The predicted molar refractivity (Wildman–Crippen MR) is 130 cm³/mol. The van der Waals surface area contributed by atoms with Crippen LogP contribution in [0.15, 0.2) is 23.0 Å². The Morgan fingerprint density at radius 3 is 2.40 bits per heavy atom. The van der Waals surface area contributed by atoms with Crippen LogP contribution in [0.2, 0.25) is 0 Å². The molecule has 35 heavy (non-hydrogen) atoms. The zero-order chi connectivity index (χ0) is 24.9. The number of nitrogens with zero attached hydrogens (tertiary/aromatic N) is 4. The molecule has 1 saturated carbocycles. The molecule has 1 aromatic heterocycles. The van der Waals surface area contributed by atoms with Gasteiger partial charge in [-0.1, -0.05) is 0 Å². The molecule has 190 valence electrons. The van der Waals surface area contributed by atoms with E-state index in [0.29, 0.717) is 43.5 Å². The van der Waals surface area contributed by atoms with E-state index >= 15 is 0 Å². The molecule has 1 aromatic carbocycles. The first-order valence-corrected chi connectivity index (χ1v) is 12.0. The normalized spacial score (nSPS) is 18.2. The lowest BCUT2D eigenvalue weighted by molar-refractivity contribution is -0.127. The zero-order valence-corrected chi connectivity index (χ0v) is 20.9. The van der Waals surface area contributed by atoms with Gasteiger partial charge < -0.3 is 23.8 Å². The van der Waals surface area contributed by atoms with Gasteiger partial charge in [-0.3, -0.25) is 9.36 Å². The first kappa shape index (κ1) is 24.8. The fraction of sp³-hybridized carbons (Fsp3) is 0.560. The number of aromatic nitrogens is 3. The Hall–Kier alpha value is -3.27. The van der Waals surface area contributed by atoms with E-state index < -0.39 is 0 Å². The number of likely N-dealkylation sites (tertiary alicyclic amines) is 1. The zero-order valence-electron chi connectivity index (χ0n) is 20.9. The van der Waals surface area contributed by atoms with E-state index in [9.17, 15) is 9.59 Å². The van der Waals surface area contributed by atoms with Crippen LogP contribution in [0.1, 0.15) is 49.0 Å². The Balaban J connectivity index is 1.51. The lowest BCUT2D eigenvalue weighted by Crippen LogP contribution is -2.39. The van der Waals surface area contributed by atoms with Gasteiger partial charge in [-0.25, -0.2) is 9.48 Å². The Morgan fingerprint density at radius 1 is 1.09 bits per heavy atom. The second-order valence-corrected chi connectivity index (χ2v) is 8.87. The van der Waals surface area contributed by atoms with E-state index in [1.807, 2.05) is 9.47 Å². The Bertz CT molecular complexity index is 1110. The molecule has 1 aliphatic heterocycles. The van der Waals surface area contributed by atoms with Crippen LogP contribution in [-0.2, 0) is 16.1 Å². The number of piperidine rings is 1. The van der Waals surface area contributed by atoms with Crippen molar-refractivity contribution in [2.75, 3.05) is 48.1 Å². The largest absolute Gasteiger partial charge is 0.493 e. The molecule has 1 amide bonds. The molecule has 2 aliphatic rings. The second kappa shape index (κ2) is 11.0. The summed E-state index contributed by atoms with van der Waals surface area (Å²) in [6.45, 7) is 2.07. The molecule has 1 unspecified atom stereocenters. The standard InChI is InChI=1S/C25H34N4O6/c1-32-13-12-28-25(31)29(19-8-9-19)24(26-28)18-6-5-11-27(16-18)22(30)10-7-17-14-20(33-2)23(35-4)21(15-17)34-3/h7,10,14-15,18-19H,5-6,8-9,11-13,16H2,1-4H3/b10-7+. The first-order valence-electron chi connectivity index (χ1n) is 12.0. The summed E-state index contributed by atoms with van der Waals surface area (Å²) in [5.41, 5.74) is 0.686. The number of hydrogen-bond acceptors (Lipinski definition) is 7. The van der Waals surface area contributed by atoms with Gasteiger partial charge in [-0.2, -0.15) is 5.10 Å². The Labute approximate surface area is 205 Å². The van der Waals surface area contributed by atoms with E-state index in [1.165, 1.54) is 4.68 Å². The van der Waals surface area contributed by atoms with Gasteiger partial charge in [0.2, 0.25) is 11.7 Å². The summed E-state index contributed by atoms with van der Waals surface area (Å²) in [6, 6.07) is 3.82. The summed E-state index contributed by atoms with van der Waals surface area (Å²) in [5, 5.41) is 4.67. The molecule has 1 atom stereocenters. The highest BCUT2D eigenvalue weighted by Gasteiger charge is 2.35. The van der Waals surface area contributed by atoms with Crippen molar-refractivity contribution >= 4 is 12.0 Å². The fourth-order valence-corrected chi connectivity index (χ4v) is 4.57. The fourth-order valence-electron chi connectivity index (χ4n) is 4.57. The molecule has 2 fully saturated rings. The molecule has 1 saturated heterocycles. The monoisotopic (exact) mass is 486 g/mol. The van der Waals surface area contributed by atoms with Gasteiger partial charge >= 0.3 is 5.69 Å². The Kier molecular flexibility index (Phi) is 7.80. The van der Waals surface area contributed by atoms with Crippen molar-refractivity contribution in [2.24, 2.45) is 0 Å². The van der Waals surface area contributed by atoms with Crippen LogP contribution < -0.4 is 19.9 Å². The molecule has 0 bridgehead atoms. The molecule has 2 aromatic rings. The van der Waals surface area contributed by atoms with Crippen molar-refractivity contribution in [3.05, 3.63) is 40.1 Å². The van der Waals surface area contributed by atoms with Crippen LogP contribution in [0.3, 0.4) is 0 Å².